The molecule has 0 saturated heterocycles. The van der Waals surface area contributed by atoms with Crippen LogP contribution in [0.4, 0.5) is 5.82 Å². The van der Waals surface area contributed by atoms with Crippen molar-refractivity contribution in [3.8, 4) is 0 Å². The van der Waals surface area contributed by atoms with Gasteiger partial charge in [0, 0.05) is 12.2 Å². The number of aliphatic hydroxyl groups is 5. The van der Waals surface area contributed by atoms with Crippen molar-refractivity contribution < 1.29 is 35.1 Å². The van der Waals surface area contributed by atoms with E-state index in [4.69, 9.17) is 5.11 Å². The first-order valence-electron chi connectivity index (χ1n) is 12.6. The molecule has 208 valence electrons. The van der Waals surface area contributed by atoms with E-state index in [0.717, 1.165) is 36.1 Å². The maximum atomic E-state index is 12.8. The minimum Gasteiger partial charge on any atom is -0.394 e. The van der Waals surface area contributed by atoms with E-state index in [9.17, 15) is 30.0 Å². The molecule has 5 atom stereocenters. The molecule has 0 aliphatic heterocycles. The third-order valence-corrected chi connectivity index (χ3v) is 6.80. The van der Waals surface area contributed by atoms with Crippen LogP contribution in [0.5, 0.6) is 0 Å². The highest BCUT2D eigenvalue weighted by Crippen LogP contribution is 2.11. The molecule has 36 heavy (non-hydrogen) atoms. The van der Waals surface area contributed by atoms with Gasteiger partial charge in [0.15, 0.2) is 5.82 Å². The summed E-state index contributed by atoms with van der Waals surface area (Å²) in [6.07, 6.45) is 2.39. The lowest BCUT2D eigenvalue weighted by molar-refractivity contribution is -0.126. The Kier molecular flexibility index (Phi) is 16.6. The number of rotatable bonds is 20. The number of amides is 2. The van der Waals surface area contributed by atoms with Gasteiger partial charge in [0.1, 0.15) is 30.5 Å². The van der Waals surface area contributed by atoms with Gasteiger partial charge in [-0.15, -0.1) is 5.10 Å². The van der Waals surface area contributed by atoms with Crippen LogP contribution in [0.2, 0.25) is 0 Å². The molecule has 0 aromatic carbocycles. The number of hydrogen-bond acceptors (Lipinski definition) is 10. The maximum Gasteiger partial charge on any atom is 0.249 e. The minimum absolute atomic E-state index is 0.0910. The molecule has 0 fully saturated rings. The zero-order valence-corrected chi connectivity index (χ0v) is 22.1. The number of carbonyl (C=O) groups excluding carboxylic acids is 2. The fourth-order valence-electron chi connectivity index (χ4n) is 3.38. The molecule has 0 spiro atoms. The van der Waals surface area contributed by atoms with Crippen LogP contribution in [0.25, 0.3) is 0 Å². The van der Waals surface area contributed by atoms with Gasteiger partial charge in [0.2, 0.25) is 11.8 Å². The molecule has 0 radical (unpaired) electrons. The standard InChI is InChI=1S/C23H43N5O7S/c1-3-5-6-7-8-9-10-20(32)24-16(15-36-11-4-2)23(35)25-19-13-28(27-26-19)12-17(30)21(33)22(34)18(31)14-29/h13,16-18,21-22,29-31,33-34H,3-12,14-15H2,1-2H3,(H,24,32)(H,25,35)/t16-,17+,18-,21+,22-/m1/s1. The van der Waals surface area contributed by atoms with E-state index >= 15 is 0 Å². The minimum atomic E-state index is -1.76. The molecule has 0 bridgehead atoms. The first kappa shape index (κ1) is 32.3. The average Bonchev–Trinajstić information content (AvgIpc) is 3.30. The Morgan fingerprint density at radius 2 is 1.67 bits per heavy atom. The van der Waals surface area contributed by atoms with Crippen molar-refractivity contribution in [3.05, 3.63) is 6.20 Å². The molecular weight excluding hydrogens is 490 g/mol. The lowest BCUT2D eigenvalue weighted by Crippen LogP contribution is -2.47. The van der Waals surface area contributed by atoms with Gasteiger partial charge in [-0.25, -0.2) is 4.68 Å². The van der Waals surface area contributed by atoms with Gasteiger partial charge in [0.05, 0.1) is 19.3 Å². The first-order chi connectivity index (χ1) is 17.2. The second-order valence-electron chi connectivity index (χ2n) is 8.83. The predicted octanol–water partition coefficient (Wildman–Crippen LogP) is 0.0311. The third kappa shape index (κ3) is 12.5. The van der Waals surface area contributed by atoms with E-state index in [1.54, 1.807) is 11.8 Å². The van der Waals surface area contributed by atoms with Crippen molar-refractivity contribution in [1.29, 1.82) is 0 Å². The largest absolute Gasteiger partial charge is 0.394 e. The number of aliphatic hydroxyl groups excluding tert-OH is 5. The maximum absolute atomic E-state index is 12.8. The van der Waals surface area contributed by atoms with E-state index in [1.165, 1.54) is 25.5 Å². The van der Waals surface area contributed by atoms with Crippen molar-refractivity contribution in [2.75, 3.05) is 23.4 Å². The Balaban J connectivity index is 2.63. The zero-order valence-electron chi connectivity index (χ0n) is 21.3. The Bertz CT molecular complexity index is 754. The van der Waals surface area contributed by atoms with Crippen LogP contribution in [-0.2, 0) is 16.1 Å². The fraction of sp³-hybridized carbons (Fsp3) is 0.826. The van der Waals surface area contributed by atoms with Crippen LogP contribution in [0.3, 0.4) is 0 Å². The number of hydrogen-bond donors (Lipinski definition) is 7. The van der Waals surface area contributed by atoms with E-state index in [-0.39, 0.29) is 18.3 Å². The van der Waals surface area contributed by atoms with Gasteiger partial charge in [-0.05, 0) is 18.6 Å². The van der Waals surface area contributed by atoms with Crippen molar-refractivity contribution in [1.82, 2.24) is 20.3 Å². The van der Waals surface area contributed by atoms with Gasteiger partial charge in [0.25, 0.3) is 0 Å². The molecule has 1 heterocycles. The van der Waals surface area contributed by atoms with Gasteiger partial charge in [-0.2, -0.15) is 11.8 Å². The Labute approximate surface area is 216 Å². The summed E-state index contributed by atoms with van der Waals surface area (Å²) in [5.74, 6) is 0.737. The van der Waals surface area contributed by atoms with Gasteiger partial charge in [-0.3, -0.25) is 9.59 Å². The summed E-state index contributed by atoms with van der Waals surface area (Å²) in [4.78, 5) is 25.2. The van der Waals surface area contributed by atoms with Gasteiger partial charge >= 0.3 is 0 Å². The number of aromatic nitrogens is 3. The molecule has 0 unspecified atom stereocenters. The molecule has 13 heteroatoms. The number of nitrogens with one attached hydrogen (secondary N) is 2. The summed E-state index contributed by atoms with van der Waals surface area (Å²) < 4.78 is 1.15. The van der Waals surface area contributed by atoms with Crippen molar-refractivity contribution >= 4 is 29.4 Å². The molecular formula is C23H43N5O7S. The lowest BCUT2D eigenvalue weighted by Gasteiger charge is -2.25. The van der Waals surface area contributed by atoms with E-state index in [1.807, 2.05) is 6.92 Å². The van der Waals surface area contributed by atoms with Crippen LogP contribution in [-0.4, -0.2) is 101 Å². The molecule has 0 saturated carbocycles. The van der Waals surface area contributed by atoms with Gasteiger partial charge in [-0.1, -0.05) is 51.2 Å². The summed E-state index contributed by atoms with van der Waals surface area (Å²) in [5, 5.41) is 61.0. The normalized spacial score (nSPS) is 15.6. The molecule has 12 nitrogen and oxygen atoms in total. The summed E-state index contributed by atoms with van der Waals surface area (Å²) in [6, 6.07) is -0.748. The van der Waals surface area contributed by atoms with Crippen molar-refractivity contribution in [2.45, 2.75) is 102 Å². The summed E-state index contributed by atoms with van der Waals surface area (Å²) >= 11 is 1.56. The monoisotopic (exact) mass is 533 g/mol. The van der Waals surface area contributed by atoms with Crippen LogP contribution in [0, 0.1) is 0 Å². The Morgan fingerprint density at radius 3 is 2.33 bits per heavy atom. The Hall–Kier alpha value is -1.77. The number of carbonyl (C=O) groups is 2. The second-order valence-corrected chi connectivity index (χ2v) is 9.98. The van der Waals surface area contributed by atoms with Crippen molar-refractivity contribution in [2.24, 2.45) is 0 Å². The third-order valence-electron chi connectivity index (χ3n) is 5.53. The highest BCUT2D eigenvalue weighted by atomic mass is 32.2. The summed E-state index contributed by atoms with van der Waals surface area (Å²) in [5.41, 5.74) is 0. The van der Waals surface area contributed by atoms with Gasteiger partial charge < -0.3 is 36.2 Å². The quantitative estimate of drug-likeness (QED) is 0.113. The van der Waals surface area contributed by atoms with Crippen LogP contribution in [0.15, 0.2) is 6.20 Å². The zero-order chi connectivity index (χ0) is 26.9. The molecule has 1 rings (SSSR count). The number of thioether (sulfide) groups is 1. The average molecular weight is 534 g/mol. The van der Waals surface area contributed by atoms with Crippen LogP contribution in [0.1, 0.15) is 65.2 Å². The smallest absolute Gasteiger partial charge is 0.249 e. The highest BCUT2D eigenvalue weighted by Gasteiger charge is 2.30. The molecule has 0 aliphatic rings. The number of anilines is 1. The lowest BCUT2D eigenvalue weighted by atomic mass is 10.0. The van der Waals surface area contributed by atoms with Crippen molar-refractivity contribution in [3.63, 3.8) is 0 Å². The molecule has 1 aromatic heterocycles. The summed E-state index contributed by atoms with van der Waals surface area (Å²) in [6.45, 7) is 3.12. The molecule has 0 aliphatic carbocycles. The Morgan fingerprint density at radius 1 is 1.00 bits per heavy atom. The highest BCUT2D eigenvalue weighted by molar-refractivity contribution is 7.99. The first-order valence-corrected chi connectivity index (χ1v) is 13.8. The second kappa shape index (κ2) is 18.5. The number of nitrogens with zero attached hydrogens (tertiary/aromatic N) is 3. The topological polar surface area (TPSA) is 190 Å². The van der Waals surface area contributed by atoms with Crippen LogP contribution < -0.4 is 10.6 Å². The summed E-state index contributed by atoms with van der Waals surface area (Å²) in [7, 11) is 0. The van der Waals surface area contributed by atoms with E-state index in [2.05, 4.69) is 27.9 Å². The predicted molar refractivity (Wildman–Crippen MR) is 137 cm³/mol. The van der Waals surface area contributed by atoms with E-state index < -0.39 is 43.0 Å². The molecule has 1 aromatic rings. The van der Waals surface area contributed by atoms with E-state index in [0.29, 0.717) is 12.2 Å². The fourth-order valence-corrected chi connectivity index (χ4v) is 4.31. The number of unbranched alkanes of at least 4 members (excludes halogenated alkanes) is 5. The molecule has 2 amide bonds. The molecule has 7 N–H and O–H groups in total. The van der Waals surface area contributed by atoms with Crippen LogP contribution >= 0.6 is 11.8 Å². The SMILES string of the molecule is CCCCCCCCC(=O)N[C@H](CSCCC)C(=O)Nc1cn(C[C@H](O)[C@H](O)[C@H](O)[C@H](O)CO)nn1.